The van der Waals surface area contributed by atoms with Gasteiger partial charge < -0.3 is 10.2 Å². The molecule has 3 aromatic carbocycles. The molecule has 0 aromatic heterocycles. The first kappa shape index (κ1) is 28.5. The van der Waals surface area contributed by atoms with Crippen LogP contribution in [0.3, 0.4) is 0 Å². The topological polar surface area (TPSA) is 49.4 Å². The summed E-state index contributed by atoms with van der Waals surface area (Å²) in [5.41, 5.74) is 2.98. The lowest BCUT2D eigenvalue weighted by Crippen LogP contribution is -2.53. The number of amides is 2. The fourth-order valence-corrected chi connectivity index (χ4v) is 6.18. The Bertz CT molecular complexity index is 1200. The van der Waals surface area contributed by atoms with E-state index in [1.807, 2.05) is 78.9 Å². The fraction of sp³-hybridized carbons (Fsp3) is 0.355. The van der Waals surface area contributed by atoms with Crippen LogP contribution in [0.4, 0.5) is 0 Å². The maximum atomic E-state index is 13.8. The highest BCUT2D eigenvalue weighted by molar-refractivity contribution is 7.99. The average molecular weight is 570 g/mol. The Labute approximate surface area is 240 Å². The summed E-state index contributed by atoms with van der Waals surface area (Å²) in [5, 5.41) is 4.57. The van der Waals surface area contributed by atoms with Crippen molar-refractivity contribution in [3.8, 4) is 0 Å². The van der Waals surface area contributed by atoms with Crippen molar-refractivity contribution in [2.45, 2.75) is 62.9 Å². The van der Waals surface area contributed by atoms with E-state index >= 15 is 0 Å². The molecule has 0 bridgehead atoms. The Morgan fingerprint density at radius 1 is 0.842 bits per heavy atom. The van der Waals surface area contributed by atoms with Gasteiger partial charge >= 0.3 is 0 Å². The van der Waals surface area contributed by atoms with Crippen LogP contribution in [0.25, 0.3) is 0 Å². The van der Waals surface area contributed by atoms with Crippen LogP contribution in [0.15, 0.2) is 78.9 Å². The van der Waals surface area contributed by atoms with E-state index in [0.717, 1.165) is 42.4 Å². The van der Waals surface area contributed by atoms with Gasteiger partial charge in [0.1, 0.15) is 6.04 Å². The number of hydrogen-bond acceptors (Lipinski definition) is 3. The lowest BCUT2D eigenvalue weighted by molar-refractivity contribution is -0.139. The minimum absolute atomic E-state index is 0.0725. The van der Waals surface area contributed by atoms with E-state index in [1.54, 1.807) is 4.90 Å². The molecule has 0 saturated heterocycles. The molecule has 1 fully saturated rings. The van der Waals surface area contributed by atoms with E-state index in [0.29, 0.717) is 28.8 Å². The summed E-state index contributed by atoms with van der Waals surface area (Å²) < 4.78 is 0. The van der Waals surface area contributed by atoms with Crippen LogP contribution in [-0.2, 0) is 28.3 Å². The van der Waals surface area contributed by atoms with E-state index in [4.69, 9.17) is 23.2 Å². The van der Waals surface area contributed by atoms with Gasteiger partial charge in [-0.05, 0) is 53.8 Å². The van der Waals surface area contributed by atoms with Gasteiger partial charge in [-0.15, -0.1) is 11.8 Å². The summed E-state index contributed by atoms with van der Waals surface area (Å²) in [4.78, 5) is 29.3. The molecule has 1 atom stereocenters. The van der Waals surface area contributed by atoms with Crippen LogP contribution in [0.2, 0.25) is 10.0 Å². The van der Waals surface area contributed by atoms with Crippen LogP contribution >= 0.6 is 35.0 Å². The molecule has 1 aliphatic rings. The summed E-state index contributed by atoms with van der Waals surface area (Å²) in [6.07, 6.45) is 5.88. The summed E-state index contributed by atoms with van der Waals surface area (Å²) >= 11 is 13.9. The van der Waals surface area contributed by atoms with Crippen molar-refractivity contribution < 1.29 is 9.59 Å². The second-order valence-electron chi connectivity index (χ2n) is 9.82. The van der Waals surface area contributed by atoms with Gasteiger partial charge in [0.05, 0.1) is 5.75 Å². The zero-order valence-electron chi connectivity index (χ0n) is 21.5. The normalized spacial score (nSPS) is 14.6. The number of carbonyl (C=O) groups is 2. The summed E-state index contributed by atoms with van der Waals surface area (Å²) in [7, 11) is 0. The molecule has 0 spiro atoms. The average Bonchev–Trinajstić information content (AvgIpc) is 2.92. The molecule has 200 valence electrons. The molecule has 4 rings (SSSR count). The first-order chi connectivity index (χ1) is 18.5. The highest BCUT2D eigenvalue weighted by atomic mass is 35.5. The number of benzene rings is 3. The van der Waals surface area contributed by atoms with Crippen LogP contribution in [0, 0.1) is 0 Å². The van der Waals surface area contributed by atoms with Gasteiger partial charge in [-0.2, -0.15) is 0 Å². The molecule has 3 aromatic rings. The molecule has 1 N–H and O–H groups in total. The third-order valence-electron chi connectivity index (χ3n) is 6.85. The van der Waals surface area contributed by atoms with E-state index in [2.05, 4.69) is 5.32 Å². The molecule has 1 saturated carbocycles. The molecule has 4 nitrogen and oxygen atoms in total. The molecule has 2 amide bonds. The predicted molar refractivity (Wildman–Crippen MR) is 159 cm³/mol. The number of rotatable bonds is 11. The molecular weight excluding hydrogens is 535 g/mol. The van der Waals surface area contributed by atoms with E-state index < -0.39 is 6.04 Å². The minimum Gasteiger partial charge on any atom is -0.352 e. The largest absolute Gasteiger partial charge is 0.352 e. The van der Waals surface area contributed by atoms with E-state index in [1.165, 1.54) is 18.2 Å². The van der Waals surface area contributed by atoms with Gasteiger partial charge in [0.25, 0.3) is 0 Å². The van der Waals surface area contributed by atoms with Crippen molar-refractivity contribution in [2.24, 2.45) is 0 Å². The number of carbonyl (C=O) groups excluding carboxylic acids is 2. The van der Waals surface area contributed by atoms with Crippen LogP contribution in [0.1, 0.15) is 48.8 Å². The first-order valence-electron chi connectivity index (χ1n) is 13.2. The van der Waals surface area contributed by atoms with Gasteiger partial charge in [-0.3, -0.25) is 9.59 Å². The number of hydrogen-bond donors (Lipinski definition) is 1. The maximum Gasteiger partial charge on any atom is 0.243 e. The number of nitrogens with one attached hydrogen (secondary N) is 1. The Balaban J connectivity index is 1.56. The van der Waals surface area contributed by atoms with Crippen LogP contribution < -0.4 is 5.32 Å². The monoisotopic (exact) mass is 568 g/mol. The van der Waals surface area contributed by atoms with Crippen molar-refractivity contribution in [1.29, 1.82) is 0 Å². The molecule has 0 aliphatic heterocycles. The Morgan fingerprint density at radius 2 is 1.47 bits per heavy atom. The molecule has 0 heterocycles. The standard InChI is InChI=1S/C31H34Cl2N2O2S/c32-26-13-7-11-24(17-26)20-35(30(36)22-38-21-25-12-8-14-27(33)18-25)29(19-23-9-3-1-4-10-23)31(37)34-28-15-5-2-6-16-28/h1,3-4,7-14,17-18,28-29H,2,5-6,15-16,19-22H2,(H,34,37)/t29-/m1/s1. The molecule has 38 heavy (non-hydrogen) atoms. The zero-order valence-corrected chi connectivity index (χ0v) is 23.8. The molecule has 0 unspecified atom stereocenters. The van der Waals surface area contributed by atoms with Crippen molar-refractivity contribution in [1.82, 2.24) is 10.2 Å². The maximum absolute atomic E-state index is 13.8. The highest BCUT2D eigenvalue weighted by Gasteiger charge is 2.31. The van der Waals surface area contributed by atoms with Crippen molar-refractivity contribution in [3.63, 3.8) is 0 Å². The molecular formula is C31H34Cl2N2O2S. The third-order valence-corrected chi connectivity index (χ3v) is 8.31. The van der Waals surface area contributed by atoms with Crippen LogP contribution in [-0.4, -0.2) is 34.6 Å². The Kier molecular flexibility index (Phi) is 11.0. The zero-order chi connectivity index (χ0) is 26.7. The Hall–Kier alpha value is -2.47. The van der Waals surface area contributed by atoms with Crippen molar-refractivity contribution in [2.75, 3.05) is 5.75 Å². The fourth-order valence-electron chi connectivity index (χ4n) is 4.90. The number of halogens is 2. The number of thioether (sulfide) groups is 1. The molecule has 7 heteroatoms. The molecule has 0 radical (unpaired) electrons. The summed E-state index contributed by atoms with van der Waals surface area (Å²) in [5.74, 6) is 0.761. The highest BCUT2D eigenvalue weighted by Crippen LogP contribution is 2.22. The predicted octanol–water partition coefficient (Wildman–Crippen LogP) is 7.32. The van der Waals surface area contributed by atoms with Crippen molar-refractivity contribution >= 4 is 46.8 Å². The summed E-state index contributed by atoms with van der Waals surface area (Å²) in [6, 6.07) is 24.6. The van der Waals surface area contributed by atoms with Gasteiger partial charge in [-0.25, -0.2) is 0 Å². The van der Waals surface area contributed by atoms with Gasteiger partial charge in [0, 0.05) is 34.8 Å². The minimum atomic E-state index is -0.627. The molecule has 1 aliphatic carbocycles. The van der Waals surface area contributed by atoms with Crippen LogP contribution in [0.5, 0.6) is 0 Å². The quantitative estimate of drug-likeness (QED) is 0.263. The van der Waals surface area contributed by atoms with Gasteiger partial charge in [0.2, 0.25) is 11.8 Å². The Morgan fingerprint density at radius 3 is 2.16 bits per heavy atom. The summed E-state index contributed by atoms with van der Waals surface area (Å²) in [6.45, 7) is 0.312. The third kappa shape index (κ3) is 8.79. The lowest BCUT2D eigenvalue weighted by atomic mass is 9.94. The van der Waals surface area contributed by atoms with Gasteiger partial charge in [-0.1, -0.05) is 97.1 Å². The smallest absolute Gasteiger partial charge is 0.243 e. The lowest BCUT2D eigenvalue weighted by Gasteiger charge is -2.33. The van der Waals surface area contributed by atoms with E-state index in [9.17, 15) is 9.59 Å². The number of nitrogens with zero attached hydrogens (tertiary/aromatic N) is 1. The second kappa shape index (κ2) is 14.6. The van der Waals surface area contributed by atoms with Gasteiger partial charge in [0.15, 0.2) is 0 Å². The SMILES string of the molecule is O=C(NC1CCCCC1)[C@@H](Cc1ccccc1)N(Cc1cccc(Cl)c1)C(=O)CSCc1cccc(Cl)c1. The second-order valence-corrected chi connectivity index (χ2v) is 11.7. The van der Waals surface area contributed by atoms with Crippen molar-refractivity contribution in [3.05, 3.63) is 106 Å². The van der Waals surface area contributed by atoms with E-state index in [-0.39, 0.29) is 23.6 Å². The first-order valence-corrected chi connectivity index (χ1v) is 15.1.